The first-order valence-corrected chi connectivity index (χ1v) is 6.97. The summed E-state index contributed by atoms with van der Waals surface area (Å²) in [5, 5.41) is 0. The molecule has 2 heterocycles. The molecule has 1 unspecified atom stereocenters. The third-order valence-corrected chi connectivity index (χ3v) is 3.14. The van der Waals surface area contributed by atoms with E-state index in [-0.39, 0.29) is 0 Å². The van der Waals surface area contributed by atoms with Gasteiger partial charge in [-0.15, -0.1) is 0 Å². The summed E-state index contributed by atoms with van der Waals surface area (Å²) in [6.07, 6.45) is 8.51. The Bertz CT molecular complexity index is 252. The maximum absolute atomic E-state index is 8.83. The SMILES string of the molecule is CC1CCCC2=[N+]1CCCC2.[O-][Cl+](O)(O)O. The van der Waals surface area contributed by atoms with Crippen molar-refractivity contribution in [1.29, 1.82) is 0 Å². The van der Waals surface area contributed by atoms with Gasteiger partial charge in [-0.1, -0.05) is 0 Å². The Morgan fingerprint density at radius 2 is 1.75 bits per heavy atom. The van der Waals surface area contributed by atoms with Crippen molar-refractivity contribution >= 4 is 5.71 Å². The third kappa shape index (κ3) is 5.23. The average Bonchev–Trinajstić information content (AvgIpc) is 2.16. The van der Waals surface area contributed by atoms with Crippen LogP contribution in [0.1, 0.15) is 45.4 Å². The zero-order valence-corrected chi connectivity index (χ0v) is 10.4. The summed E-state index contributed by atoms with van der Waals surface area (Å²) in [6.45, 7) is 3.72. The fourth-order valence-electron chi connectivity index (χ4n) is 2.47. The Morgan fingerprint density at radius 1 is 1.19 bits per heavy atom. The molecule has 0 fully saturated rings. The molecule has 0 aromatic carbocycles. The second-order valence-electron chi connectivity index (χ2n) is 4.39. The first kappa shape index (κ1) is 13.9. The van der Waals surface area contributed by atoms with E-state index in [2.05, 4.69) is 11.5 Å². The molecule has 0 bridgehead atoms. The van der Waals surface area contributed by atoms with Crippen molar-refractivity contribution in [3.8, 4) is 0 Å². The van der Waals surface area contributed by atoms with Crippen molar-refractivity contribution in [2.24, 2.45) is 0 Å². The zero-order chi connectivity index (χ0) is 12.2. The van der Waals surface area contributed by atoms with Crippen molar-refractivity contribution in [3.05, 3.63) is 0 Å². The molecule has 2 aliphatic rings. The van der Waals surface area contributed by atoms with Gasteiger partial charge in [0, 0.05) is 25.7 Å². The monoisotopic (exact) mass is 254 g/mol. The molecule has 0 spiro atoms. The Morgan fingerprint density at radius 3 is 2.31 bits per heavy atom. The van der Waals surface area contributed by atoms with Crippen molar-refractivity contribution in [2.45, 2.75) is 51.5 Å². The van der Waals surface area contributed by atoms with Gasteiger partial charge in [-0.3, -0.25) is 0 Å². The predicted molar refractivity (Wildman–Crippen MR) is 54.0 cm³/mol. The van der Waals surface area contributed by atoms with Crippen LogP contribution in [0.4, 0.5) is 0 Å². The van der Waals surface area contributed by atoms with E-state index in [0.717, 1.165) is 6.04 Å². The number of hydrogen-bond donors (Lipinski definition) is 3. The summed E-state index contributed by atoms with van der Waals surface area (Å²) in [6, 6.07) is 0.846. The molecule has 5 nitrogen and oxygen atoms in total. The minimum atomic E-state index is -4.19. The Kier molecular flexibility index (Phi) is 5.14. The molecule has 1 atom stereocenters. The first-order valence-electron chi connectivity index (χ1n) is 5.65. The average molecular weight is 255 g/mol. The van der Waals surface area contributed by atoms with Crippen molar-refractivity contribution < 1.29 is 33.5 Å². The Hall–Kier alpha value is -0.200. The molecular formula is C10H21ClNO4+. The summed E-state index contributed by atoms with van der Waals surface area (Å²) < 4.78 is 32.9. The fourth-order valence-corrected chi connectivity index (χ4v) is 2.47. The maximum atomic E-state index is 8.83. The molecule has 16 heavy (non-hydrogen) atoms. The number of halogens is 1. The van der Waals surface area contributed by atoms with Gasteiger partial charge in [-0.25, -0.2) is 4.58 Å². The van der Waals surface area contributed by atoms with E-state index in [0.29, 0.717) is 0 Å². The first-order chi connectivity index (χ1) is 7.38. The standard InChI is InChI=1S/C10H18N.ClH3O4/c1-9-5-4-7-10-6-2-3-8-11(9)10;2-1(3,4)5/h9H,2-8H2,1H3;2-4H/q+1;. The summed E-state index contributed by atoms with van der Waals surface area (Å²) in [4.78, 5) is 0. The Balaban J connectivity index is 0.000000221. The van der Waals surface area contributed by atoms with Crippen LogP contribution in [0.15, 0.2) is 0 Å². The van der Waals surface area contributed by atoms with Crippen molar-refractivity contribution in [3.63, 3.8) is 0 Å². The topological polar surface area (TPSA) is 86.8 Å². The molecule has 0 aromatic rings. The molecule has 3 N–H and O–H groups in total. The minimum absolute atomic E-state index is 0.846. The van der Waals surface area contributed by atoms with Crippen LogP contribution in [-0.2, 0) is 0 Å². The van der Waals surface area contributed by atoms with E-state index in [9.17, 15) is 0 Å². The molecule has 2 aliphatic heterocycles. The third-order valence-electron chi connectivity index (χ3n) is 3.14. The predicted octanol–water partition coefficient (Wildman–Crippen LogP) is -0.664. The van der Waals surface area contributed by atoms with Gasteiger partial charge in [0.2, 0.25) is 0 Å². The molecule has 96 valence electrons. The Labute approximate surface area is 97.8 Å². The van der Waals surface area contributed by atoms with Gasteiger partial charge in [0.1, 0.15) is 12.6 Å². The fraction of sp³-hybridized carbons (Fsp3) is 0.900. The summed E-state index contributed by atoms with van der Waals surface area (Å²) in [5.41, 5.74) is 1.76. The second-order valence-corrected chi connectivity index (χ2v) is 5.26. The van der Waals surface area contributed by atoms with Crippen LogP contribution >= 0.6 is 0 Å². The van der Waals surface area contributed by atoms with Gasteiger partial charge in [0.25, 0.3) is 0 Å². The van der Waals surface area contributed by atoms with Gasteiger partial charge in [-0.05, 0) is 19.8 Å². The molecular weight excluding hydrogens is 234 g/mol. The molecule has 6 heteroatoms. The van der Waals surface area contributed by atoms with Crippen LogP contribution < -0.4 is 4.66 Å². The van der Waals surface area contributed by atoms with Gasteiger partial charge in [0.15, 0.2) is 5.71 Å². The van der Waals surface area contributed by atoms with E-state index in [1.807, 2.05) is 0 Å². The van der Waals surface area contributed by atoms with Gasteiger partial charge >= 0.3 is 28.9 Å². The number of rotatable bonds is 0. The van der Waals surface area contributed by atoms with Crippen LogP contribution in [0, 0.1) is 10.2 Å². The van der Waals surface area contributed by atoms with Gasteiger partial charge < -0.3 is 0 Å². The second kappa shape index (κ2) is 5.93. The summed E-state index contributed by atoms with van der Waals surface area (Å²) in [5.74, 6) is 0. The van der Waals surface area contributed by atoms with E-state index >= 15 is 0 Å². The number of hydrogen-bond acceptors (Lipinski definition) is 4. The molecule has 2 rings (SSSR count). The van der Waals surface area contributed by atoms with Gasteiger partial charge in [-0.2, -0.15) is 0 Å². The normalized spacial score (nSPS) is 26.7. The van der Waals surface area contributed by atoms with E-state index in [1.54, 1.807) is 5.71 Å². The van der Waals surface area contributed by atoms with Gasteiger partial charge in [0.05, 0.1) is 0 Å². The summed E-state index contributed by atoms with van der Waals surface area (Å²) >= 11 is 0. The molecule has 0 radical (unpaired) electrons. The van der Waals surface area contributed by atoms with Crippen LogP contribution in [0.25, 0.3) is 0 Å². The van der Waals surface area contributed by atoms with E-state index < -0.39 is 10.2 Å². The summed E-state index contributed by atoms with van der Waals surface area (Å²) in [7, 11) is -4.19. The molecule has 0 aromatic heterocycles. The molecule has 0 saturated carbocycles. The van der Waals surface area contributed by atoms with Crippen LogP contribution in [0.3, 0.4) is 0 Å². The number of nitrogens with zero attached hydrogens (tertiary/aromatic N) is 1. The van der Waals surface area contributed by atoms with Crippen LogP contribution in [-0.4, -0.2) is 36.9 Å². The zero-order valence-electron chi connectivity index (χ0n) is 9.60. The quantitative estimate of drug-likeness (QED) is 0.501. The molecule has 0 saturated heterocycles. The van der Waals surface area contributed by atoms with Crippen LogP contribution in [0.2, 0.25) is 0 Å². The van der Waals surface area contributed by atoms with Crippen molar-refractivity contribution in [1.82, 2.24) is 0 Å². The molecule has 0 amide bonds. The van der Waals surface area contributed by atoms with E-state index in [1.165, 1.54) is 45.1 Å². The van der Waals surface area contributed by atoms with E-state index in [4.69, 9.17) is 18.6 Å². The molecule has 0 aliphatic carbocycles. The van der Waals surface area contributed by atoms with Crippen molar-refractivity contribution in [2.75, 3.05) is 6.54 Å². The van der Waals surface area contributed by atoms with Crippen LogP contribution in [0.5, 0.6) is 0 Å².